The van der Waals surface area contributed by atoms with E-state index in [1.807, 2.05) is 6.92 Å². The van der Waals surface area contributed by atoms with E-state index in [1.165, 1.54) is 12.1 Å². The van der Waals surface area contributed by atoms with Gasteiger partial charge in [-0.2, -0.15) is 0 Å². The lowest BCUT2D eigenvalue weighted by Gasteiger charge is -2.16. The SMILES string of the molecule is CC1OCCC1NS(=O)(=O)c1ccc(CO)cc1. The predicted molar refractivity (Wildman–Crippen MR) is 66.5 cm³/mol. The maximum Gasteiger partial charge on any atom is 0.240 e. The molecule has 0 aliphatic carbocycles. The smallest absolute Gasteiger partial charge is 0.240 e. The van der Waals surface area contributed by atoms with Gasteiger partial charge < -0.3 is 9.84 Å². The van der Waals surface area contributed by atoms with Gasteiger partial charge >= 0.3 is 0 Å². The van der Waals surface area contributed by atoms with Gasteiger partial charge in [0.25, 0.3) is 0 Å². The second-order valence-electron chi connectivity index (χ2n) is 4.39. The molecule has 2 unspecified atom stereocenters. The van der Waals surface area contributed by atoms with E-state index < -0.39 is 10.0 Å². The maximum atomic E-state index is 12.1. The molecule has 2 N–H and O–H groups in total. The van der Waals surface area contributed by atoms with Crippen molar-refractivity contribution in [1.82, 2.24) is 4.72 Å². The van der Waals surface area contributed by atoms with Crippen molar-refractivity contribution >= 4 is 10.0 Å². The Morgan fingerprint density at radius 3 is 2.56 bits per heavy atom. The van der Waals surface area contributed by atoms with Gasteiger partial charge in [0.2, 0.25) is 10.0 Å². The van der Waals surface area contributed by atoms with Crippen LogP contribution in [0.3, 0.4) is 0 Å². The molecule has 0 bridgehead atoms. The fourth-order valence-electron chi connectivity index (χ4n) is 1.93. The van der Waals surface area contributed by atoms with Gasteiger partial charge in [0.1, 0.15) is 0 Å². The Hall–Kier alpha value is -0.950. The highest BCUT2D eigenvalue weighted by Gasteiger charge is 2.29. The minimum absolute atomic E-state index is 0.0960. The number of rotatable bonds is 4. The van der Waals surface area contributed by atoms with E-state index in [0.717, 1.165) is 0 Å². The van der Waals surface area contributed by atoms with Crippen LogP contribution >= 0.6 is 0 Å². The third-order valence-corrected chi connectivity index (χ3v) is 4.60. The van der Waals surface area contributed by atoms with Crippen molar-refractivity contribution in [2.24, 2.45) is 0 Å². The lowest BCUT2D eigenvalue weighted by atomic mass is 10.2. The van der Waals surface area contributed by atoms with Crippen LogP contribution in [0.5, 0.6) is 0 Å². The van der Waals surface area contributed by atoms with Gasteiger partial charge in [-0.3, -0.25) is 0 Å². The first-order valence-electron chi connectivity index (χ1n) is 5.86. The molecule has 1 saturated heterocycles. The maximum absolute atomic E-state index is 12.1. The summed E-state index contributed by atoms with van der Waals surface area (Å²) in [5.41, 5.74) is 0.687. The van der Waals surface area contributed by atoms with E-state index >= 15 is 0 Å². The van der Waals surface area contributed by atoms with Crippen molar-refractivity contribution < 1.29 is 18.3 Å². The van der Waals surface area contributed by atoms with Gasteiger partial charge in [-0.05, 0) is 31.0 Å². The van der Waals surface area contributed by atoms with Gasteiger partial charge in [0.15, 0.2) is 0 Å². The van der Waals surface area contributed by atoms with Gasteiger partial charge in [-0.25, -0.2) is 13.1 Å². The Morgan fingerprint density at radius 1 is 1.39 bits per heavy atom. The molecule has 0 spiro atoms. The van der Waals surface area contributed by atoms with E-state index in [1.54, 1.807) is 12.1 Å². The van der Waals surface area contributed by atoms with Crippen molar-refractivity contribution in [2.75, 3.05) is 6.61 Å². The quantitative estimate of drug-likeness (QED) is 0.842. The van der Waals surface area contributed by atoms with Gasteiger partial charge in [0, 0.05) is 6.61 Å². The molecule has 0 saturated carbocycles. The van der Waals surface area contributed by atoms with E-state index in [-0.39, 0.29) is 23.6 Å². The Kier molecular flexibility index (Phi) is 4.01. The second-order valence-corrected chi connectivity index (χ2v) is 6.11. The molecule has 0 radical (unpaired) electrons. The molecule has 1 heterocycles. The molecule has 2 rings (SSSR count). The summed E-state index contributed by atoms with van der Waals surface area (Å²) in [6.45, 7) is 2.34. The molecule has 1 aromatic rings. The molecule has 18 heavy (non-hydrogen) atoms. The molecule has 0 aromatic heterocycles. The first-order chi connectivity index (χ1) is 8.53. The van der Waals surface area contributed by atoms with Gasteiger partial charge in [0.05, 0.1) is 23.6 Å². The summed E-state index contributed by atoms with van der Waals surface area (Å²) in [6, 6.07) is 6.02. The molecule has 2 atom stereocenters. The molecule has 100 valence electrons. The Labute approximate surface area is 107 Å². The highest BCUT2D eigenvalue weighted by Crippen LogP contribution is 2.17. The third kappa shape index (κ3) is 2.89. The summed E-state index contributed by atoms with van der Waals surface area (Å²) in [7, 11) is -3.51. The van der Waals surface area contributed by atoms with Crippen LogP contribution in [0.1, 0.15) is 18.9 Å². The Morgan fingerprint density at radius 2 is 2.06 bits per heavy atom. The summed E-state index contributed by atoms with van der Waals surface area (Å²) < 4.78 is 32.2. The van der Waals surface area contributed by atoms with Gasteiger partial charge in [-0.1, -0.05) is 12.1 Å². The van der Waals surface area contributed by atoms with Crippen LogP contribution in [-0.4, -0.2) is 32.3 Å². The molecule has 1 aromatic carbocycles. The molecule has 1 aliphatic rings. The van der Waals surface area contributed by atoms with E-state index in [4.69, 9.17) is 9.84 Å². The van der Waals surface area contributed by atoms with E-state index in [9.17, 15) is 8.42 Å². The fraction of sp³-hybridized carbons (Fsp3) is 0.500. The van der Waals surface area contributed by atoms with E-state index in [2.05, 4.69) is 4.72 Å². The normalized spacial score (nSPS) is 24.3. The number of nitrogens with one attached hydrogen (secondary N) is 1. The van der Waals surface area contributed by atoms with Crippen LogP contribution in [0.15, 0.2) is 29.2 Å². The first kappa shape index (κ1) is 13.5. The third-order valence-electron chi connectivity index (χ3n) is 3.10. The molecular formula is C12H17NO4S. The number of sulfonamides is 1. The van der Waals surface area contributed by atoms with Crippen LogP contribution in [0.25, 0.3) is 0 Å². The summed E-state index contributed by atoms with van der Waals surface area (Å²) in [5.74, 6) is 0. The lowest BCUT2D eigenvalue weighted by molar-refractivity contribution is 0.117. The van der Waals surface area contributed by atoms with E-state index in [0.29, 0.717) is 18.6 Å². The van der Waals surface area contributed by atoms with Crippen molar-refractivity contribution in [3.8, 4) is 0 Å². The highest BCUT2D eigenvalue weighted by atomic mass is 32.2. The topological polar surface area (TPSA) is 75.6 Å². The zero-order valence-corrected chi connectivity index (χ0v) is 11.0. The Bertz CT molecular complexity index is 497. The van der Waals surface area contributed by atoms with Crippen LogP contribution in [0, 0.1) is 0 Å². The molecule has 1 fully saturated rings. The zero-order valence-electron chi connectivity index (χ0n) is 10.2. The van der Waals surface area contributed by atoms with Crippen LogP contribution < -0.4 is 4.72 Å². The number of benzene rings is 1. The zero-order chi connectivity index (χ0) is 13.2. The average Bonchev–Trinajstić information content (AvgIpc) is 2.74. The molecule has 6 heteroatoms. The lowest BCUT2D eigenvalue weighted by Crippen LogP contribution is -2.39. The molecule has 1 aliphatic heterocycles. The number of hydrogen-bond acceptors (Lipinski definition) is 4. The van der Waals surface area contributed by atoms with Crippen LogP contribution in [-0.2, 0) is 21.4 Å². The summed E-state index contributed by atoms with van der Waals surface area (Å²) in [6.07, 6.45) is 0.589. The number of hydrogen-bond donors (Lipinski definition) is 2. The number of aliphatic hydroxyl groups is 1. The minimum atomic E-state index is -3.51. The van der Waals surface area contributed by atoms with Crippen molar-refractivity contribution in [2.45, 2.75) is 37.0 Å². The first-order valence-corrected chi connectivity index (χ1v) is 7.35. The fourth-order valence-corrected chi connectivity index (χ4v) is 3.27. The molecule has 0 amide bonds. The highest BCUT2D eigenvalue weighted by molar-refractivity contribution is 7.89. The Balaban J connectivity index is 2.14. The summed E-state index contributed by atoms with van der Waals surface area (Å²) >= 11 is 0. The predicted octanol–water partition coefficient (Wildman–Crippen LogP) is 0.635. The van der Waals surface area contributed by atoms with Crippen LogP contribution in [0.4, 0.5) is 0 Å². The monoisotopic (exact) mass is 271 g/mol. The summed E-state index contributed by atoms with van der Waals surface area (Å²) in [4.78, 5) is 0.207. The molecule has 5 nitrogen and oxygen atoms in total. The number of ether oxygens (including phenoxy) is 1. The second kappa shape index (κ2) is 5.36. The average molecular weight is 271 g/mol. The van der Waals surface area contributed by atoms with Crippen molar-refractivity contribution in [1.29, 1.82) is 0 Å². The number of aliphatic hydroxyl groups excluding tert-OH is 1. The standard InChI is InChI=1S/C12H17NO4S/c1-9-12(6-7-17-9)13-18(15,16)11-4-2-10(8-14)3-5-11/h2-5,9,12-14H,6-8H2,1H3. The molecular weight excluding hydrogens is 254 g/mol. The largest absolute Gasteiger partial charge is 0.392 e. The minimum Gasteiger partial charge on any atom is -0.392 e. The van der Waals surface area contributed by atoms with Crippen molar-refractivity contribution in [3.05, 3.63) is 29.8 Å². The van der Waals surface area contributed by atoms with Gasteiger partial charge in [-0.15, -0.1) is 0 Å². The van der Waals surface area contributed by atoms with Crippen molar-refractivity contribution in [3.63, 3.8) is 0 Å². The summed E-state index contributed by atoms with van der Waals surface area (Å²) in [5, 5.41) is 8.91. The van der Waals surface area contributed by atoms with Crippen LogP contribution in [0.2, 0.25) is 0 Å².